The smallest absolute Gasteiger partial charge is 0.248 e. The van der Waals surface area contributed by atoms with Crippen LogP contribution in [-0.2, 0) is 0 Å². The molecule has 0 radical (unpaired) electrons. The highest BCUT2D eigenvalue weighted by Gasteiger charge is 2.04. The molecule has 1 aromatic carbocycles. The molecule has 0 saturated heterocycles. The molecule has 0 heterocycles. The van der Waals surface area contributed by atoms with Crippen molar-refractivity contribution in [3.8, 4) is 0 Å². The fourth-order valence-corrected chi connectivity index (χ4v) is 1.13. The van der Waals surface area contributed by atoms with Gasteiger partial charge in [-0.05, 0) is 12.1 Å². The maximum Gasteiger partial charge on any atom is 0.248 e. The van der Waals surface area contributed by atoms with Gasteiger partial charge in [0.25, 0.3) is 0 Å². The number of benzene rings is 1. The molecule has 0 atom stereocenters. The van der Waals surface area contributed by atoms with Crippen molar-refractivity contribution in [3.05, 3.63) is 35.4 Å². The second-order valence-corrected chi connectivity index (χ2v) is 3.20. The minimum atomic E-state index is -0.519. The van der Waals surface area contributed by atoms with Crippen molar-refractivity contribution in [2.45, 2.75) is 0 Å². The molecule has 0 spiro atoms. The first kappa shape index (κ1) is 9.18. The van der Waals surface area contributed by atoms with E-state index in [2.05, 4.69) is 0 Å². The number of nitrogens with two attached hydrogens (primary N) is 1. The van der Waals surface area contributed by atoms with Crippen molar-refractivity contribution >= 4 is 32.3 Å². The Bertz CT molecular complexity index is 306. The second kappa shape index (κ2) is 3.66. The molecular weight excluding hydrogens is 269 g/mol. The topological polar surface area (TPSA) is 60.2 Å². The molecule has 1 rings (SSSR count). The maximum absolute atomic E-state index is 10.9. The molecule has 2 N–H and O–H groups in total. The summed E-state index contributed by atoms with van der Waals surface area (Å²) in [6.07, 6.45) is 0. The van der Waals surface area contributed by atoms with Crippen LogP contribution in [0.25, 0.3) is 0 Å². The molecule has 62 valence electrons. The summed E-state index contributed by atoms with van der Waals surface area (Å²) in [6, 6.07) is 6.33. The minimum absolute atomic E-state index is 0.101. The molecule has 0 aliphatic rings. The Balaban J connectivity index is 3.12. The largest absolute Gasteiger partial charge is 0.366 e. The standard InChI is InChI=1S/C8H6INO2/c9-7(11)5-2-1-3-6(4-5)8(10)12/h1-4H,(H2,10,12). The highest BCUT2D eigenvalue weighted by Crippen LogP contribution is 2.08. The van der Waals surface area contributed by atoms with Gasteiger partial charge in [0, 0.05) is 33.7 Å². The Kier molecular flexibility index (Phi) is 2.80. The van der Waals surface area contributed by atoms with E-state index in [1.807, 2.05) is 0 Å². The lowest BCUT2D eigenvalue weighted by Gasteiger charge is -1.96. The highest BCUT2D eigenvalue weighted by atomic mass is 127. The van der Waals surface area contributed by atoms with Gasteiger partial charge in [0.1, 0.15) is 0 Å². The minimum Gasteiger partial charge on any atom is -0.366 e. The number of rotatable bonds is 2. The fourth-order valence-electron chi connectivity index (χ4n) is 0.795. The van der Waals surface area contributed by atoms with Crippen molar-refractivity contribution in [2.75, 3.05) is 0 Å². The molecular formula is C8H6INO2. The van der Waals surface area contributed by atoms with Gasteiger partial charge in [-0.25, -0.2) is 0 Å². The summed E-state index contributed by atoms with van der Waals surface area (Å²) in [7, 11) is 0. The zero-order valence-electron chi connectivity index (χ0n) is 6.08. The number of halogens is 1. The van der Waals surface area contributed by atoms with Crippen LogP contribution in [0.3, 0.4) is 0 Å². The molecule has 1 amide bonds. The maximum atomic E-state index is 10.9. The van der Waals surface area contributed by atoms with E-state index in [9.17, 15) is 9.59 Å². The van der Waals surface area contributed by atoms with Crippen LogP contribution in [0.2, 0.25) is 0 Å². The third-order valence-corrected chi connectivity index (χ3v) is 2.00. The number of carbonyl (C=O) groups excluding carboxylic acids is 2. The number of carbonyl (C=O) groups is 2. The summed E-state index contributed by atoms with van der Waals surface area (Å²) in [5.41, 5.74) is 5.88. The highest BCUT2D eigenvalue weighted by molar-refractivity contribution is 14.1. The van der Waals surface area contributed by atoms with Gasteiger partial charge in [0.05, 0.1) is 0 Å². The van der Waals surface area contributed by atoms with Crippen LogP contribution < -0.4 is 5.73 Å². The van der Waals surface area contributed by atoms with Crippen LogP contribution in [0.1, 0.15) is 20.7 Å². The monoisotopic (exact) mass is 275 g/mol. The Morgan fingerprint density at radius 3 is 2.33 bits per heavy atom. The molecule has 0 aliphatic carbocycles. The molecule has 0 aliphatic heterocycles. The average molecular weight is 275 g/mol. The van der Waals surface area contributed by atoms with Gasteiger partial charge in [-0.15, -0.1) is 0 Å². The molecule has 0 bridgehead atoms. The molecule has 0 aromatic heterocycles. The fraction of sp³-hybridized carbons (Fsp3) is 0. The molecule has 4 heteroatoms. The van der Waals surface area contributed by atoms with E-state index in [0.717, 1.165) is 0 Å². The van der Waals surface area contributed by atoms with E-state index in [1.165, 1.54) is 6.07 Å². The average Bonchev–Trinajstić information content (AvgIpc) is 2.04. The summed E-state index contributed by atoms with van der Waals surface area (Å²) in [5, 5.41) is 0. The molecule has 0 unspecified atom stereocenters. The predicted octanol–water partition coefficient (Wildman–Crippen LogP) is 1.36. The Labute approximate surface area is 83.1 Å². The van der Waals surface area contributed by atoms with Crippen molar-refractivity contribution in [2.24, 2.45) is 5.73 Å². The molecule has 1 aromatic rings. The van der Waals surface area contributed by atoms with E-state index in [0.29, 0.717) is 11.1 Å². The summed E-state index contributed by atoms with van der Waals surface area (Å²) in [4.78, 5) is 21.5. The molecule has 3 nitrogen and oxygen atoms in total. The Hall–Kier alpha value is -0.910. The van der Waals surface area contributed by atoms with Crippen molar-refractivity contribution in [1.29, 1.82) is 0 Å². The molecule has 12 heavy (non-hydrogen) atoms. The van der Waals surface area contributed by atoms with Gasteiger partial charge < -0.3 is 5.73 Å². The lowest BCUT2D eigenvalue weighted by Crippen LogP contribution is -2.11. The Morgan fingerprint density at radius 2 is 1.83 bits per heavy atom. The van der Waals surface area contributed by atoms with Gasteiger partial charge >= 0.3 is 0 Å². The van der Waals surface area contributed by atoms with Crippen LogP contribution in [-0.4, -0.2) is 9.70 Å². The van der Waals surface area contributed by atoms with Crippen molar-refractivity contribution in [3.63, 3.8) is 0 Å². The first-order chi connectivity index (χ1) is 5.61. The lowest BCUT2D eigenvalue weighted by molar-refractivity contribution is 0.100. The summed E-state index contributed by atoms with van der Waals surface area (Å²) >= 11 is 1.66. The molecule has 0 fully saturated rings. The van der Waals surface area contributed by atoms with Crippen LogP contribution in [0.4, 0.5) is 0 Å². The van der Waals surface area contributed by atoms with E-state index in [-0.39, 0.29) is 3.79 Å². The van der Waals surface area contributed by atoms with Gasteiger partial charge in [-0.2, -0.15) is 0 Å². The molecule has 0 saturated carbocycles. The van der Waals surface area contributed by atoms with E-state index < -0.39 is 5.91 Å². The zero-order valence-corrected chi connectivity index (χ0v) is 8.24. The number of hydrogen-bond acceptors (Lipinski definition) is 2. The number of hydrogen-bond donors (Lipinski definition) is 1. The summed E-state index contributed by atoms with van der Waals surface area (Å²) in [6.45, 7) is 0. The normalized spacial score (nSPS) is 9.42. The van der Waals surface area contributed by atoms with Gasteiger partial charge in [0.15, 0.2) is 0 Å². The van der Waals surface area contributed by atoms with E-state index in [1.54, 1.807) is 40.8 Å². The van der Waals surface area contributed by atoms with Crippen LogP contribution in [0.15, 0.2) is 24.3 Å². The zero-order chi connectivity index (χ0) is 9.14. The van der Waals surface area contributed by atoms with Gasteiger partial charge in [-0.3, -0.25) is 9.59 Å². The predicted molar refractivity (Wildman–Crippen MR) is 53.3 cm³/mol. The first-order valence-electron chi connectivity index (χ1n) is 3.21. The van der Waals surface area contributed by atoms with Gasteiger partial charge in [0.2, 0.25) is 9.70 Å². The lowest BCUT2D eigenvalue weighted by atomic mass is 10.1. The van der Waals surface area contributed by atoms with E-state index in [4.69, 9.17) is 5.73 Å². The first-order valence-corrected chi connectivity index (χ1v) is 4.29. The Morgan fingerprint density at radius 1 is 1.25 bits per heavy atom. The van der Waals surface area contributed by atoms with Crippen molar-refractivity contribution < 1.29 is 9.59 Å². The number of primary amides is 1. The third kappa shape index (κ3) is 2.04. The quantitative estimate of drug-likeness (QED) is 0.654. The van der Waals surface area contributed by atoms with Crippen LogP contribution >= 0.6 is 22.6 Å². The van der Waals surface area contributed by atoms with E-state index >= 15 is 0 Å². The van der Waals surface area contributed by atoms with Crippen molar-refractivity contribution in [1.82, 2.24) is 0 Å². The number of amides is 1. The SMILES string of the molecule is NC(=O)c1cccc(C(=O)I)c1. The summed E-state index contributed by atoms with van der Waals surface area (Å²) < 4.78 is -0.101. The van der Waals surface area contributed by atoms with Crippen LogP contribution in [0, 0.1) is 0 Å². The second-order valence-electron chi connectivity index (χ2n) is 2.22. The van der Waals surface area contributed by atoms with Gasteiger partial charge in [-0.1, -0.05) is 12.1 Å². The third-order valence-electron chi connectivity index (χ3n) is 1.37. The van der Waals surface area contributed by atoms with Crippen LogP contribution in [0.5, 0.6) is 0 Å². The summed E-state index contributed by atoms with van der Waals surface area (Å²) in [5.74, 6) is -0.519.